The average molecular weight is 397 g/mol. The lowest BCUT2D eigenvalue weighted by Gasteiger charge is -2.34. The molecule has 30 heavy (non-hydrogen) atoms. The van der Waals surface area contributed by atoms with Gasteiger partial charge in [-0.3, -0.25) is 4.79 Å². The van der Waals surface area contributed by atoms with Crippen LogP contribution in [0.3, 0.4) is 0 Å². The molecule has 2 heterocycles. The van der Waals surface area contributed by atoms with Crippen LogP contribution in [0.25, 0.3) is 0 Å². The van der Waals surface area contributed by atoms with Gasteiger partial charge >= 0.3 is 0 Å². The number of likely N-dealkylation sites (tertiary alicyclic amines) is 1. The molecule has 2 atom stereocenters. The molecule has 152 valence electrons. The van der Waals surface area contributed by atoms with E-state index in [0.29, 0.717) is 0 Å². The number of anilines is 1. The van der Waals surface area contributed by atoms with Crippen LogP contribution in [0.15, 0.2) is 78.9 Å². The summed E-state index contributed by atoms with van der Waals surface area (Å²) < 4.78 is 0. The Hall–Kier alpha value is -2.91. The fourth-order valence-corrected chi connectivity index (χ4v) is 5.34. The minimum atomic E-state index is -0.601. The SMILES string of the molecule is Cc1ccc(CCN2CC[C@@H](C3(c4ccccc4)C(=O)Nc4ccccc43)C2)cc1. The molecular weight excluding hydrogens is 368 g/mol. The van der Waals surface area contributed by atoms with Crippen LogP contribution in [0.5, 0.6) is 0 Å². The molecule has 0 bridgehead atoms. The van der Waals surface area contributed by atoms with Crippen molar-refractivity contribution in [2.45, 2.75) is 25.2 Å². The Morgan fingerprint density at radius 1 is 0.967 bits per heavy atom. The second-order valence-corrected chi connectivity index (χ2v) is 8.70. The van der Waals surface area contributed by atoms with Gasteiger partial charge in [-0.25, -0.2) is 0 Å². The van der Waals surface area contributed by atoms with E-state index in [1.165, 1.54) is 11.1 Å². The van der Waals surface area contributed by atoms with E-state index in [1.54, 1.807) is 0 Å². The summed E-state index contributed by atoms with van der Waals surface area (Å²) in [6, 6.07) is 27.4. The predicted octanol–water partition coefficient (Wildman–Crippen LogP) is 4.80. The van der Waals surface area contributed by atoms with Gasteiger partial charge in [-0.15, -0.1) is 0 Å². The highest BCUT2D eigenvalue weighted by Gasteiger charge is 2.54. The minimum Gasteiger partial charge on any atom is -0.325 e. The van der Waals surface area contributed by atoms with Crippen molar-refractivity contribution >= 4 is 11.6 Å². The number of aryl methyl sites for hydroxylation is 1. The lowest BCUT2D eigenvalue weighted by Crippen LogP contribution is -2.44. The van der Waals surface area contributed by atoms with Gasteiger partial charge < -0.3 is 10.2 Å². The fraction of sp³-hybridized carbons (Fsp3) is 0.296. The van der Waals surface area contributed by atoms with Crippen LogP contribution in [0.2, 0.25) is 0 Å². The van der Waals surface area contributed by atoms with Crippen molar-refractivity contribution in [3.05, 3.63) is 101 Å². The van der Waals surface area contributed by atoms with Crippen molar-refractivity contribution in [2.75, 3.05) is 25.0 Å². The number of carbonyl (C=O) groups is 1. The zero-order chi connectivity index (χ0) is 20.6. The van der Waals surface area contributed by atoms with Crippen LogP contribution in [0, 0.1) is 12.8 Å². The topological polar surface area (TPSA) is 32.3 Å². The first-order valence-electron chi connectivity index (χ1n) is 10.9. The molecule has 1 unspecified atom stereocenters. The van der Waals surface area contributed by atoms with Gasteiger partial charge in [0.15, 0.2) is 0 Å². The number of hydrogen-bond donors (Lipinski definition) is 1. The zero-order valence-electron chi connectivity index (χ0n) is 17.5. The molecule has 2 aliphatic rings. The van der Waals surface area contributed by atoms with Crippen LogP contribution < -0.4 is 5.32 Å². The molecular formula is C27H28N2O. The van der Waals surface area contributed by atoms with Crippen LogP contribution >= 0.6 is 0 Å². The quantitative estimate of drug-likeness (QED) is 0.672. The number of benzene rings is 3. The highest BCUT2D eigenvalue weighted by molar-refractivity contribution is 6.09. The molecule has 0 radical (unpaired) electrons. The van der Waals surface area contributed by atoms with Gasteiger partial charge in [0.25, 0.3) is 0 Å². The third-order valence-corrected chi connectivity index (χ3v) is 6.91. The summed E-state index contributed by atoms with van der Waals surface area (Å²) in [7, 11) is 0. The molecule has 1 amide bonds. The van der Waals surface area contributed by atoms with Gasteiger partial charge in [0.2, 0.25) is 5.91 Å². The molecule has 3 nitrogen and oxygen atoms in total. The predicted molar refractivity (Wildman–Crippen MR) is 122 cm³/mol. The molecule has 3 aromatic rings. The molecule has 1 saturated heterocycles. The Morgan fingerprint density at radius 3 is 2.50 bits per heavy atom. The summed E-state index contributed by atoms with van der Waals surface area (Å²) in [6.07, 6.45) is 2.08. The minimum absolute atomic E-state index is 0.125. The molecule has 1 fully saturated rings. The molecule has 0 aromatic heterocycles. The van der Waals surface area contributed by atoms with E-state index in [2.05, 4.69) is 77.8 Å². The number of rotatable bonds is 5. The molecule has 0 saturated carbocycles. The molecule has 2 aliphatic heterocycles. The Balaban J connectivity index is 1.43. The maximum absolute atomic E-state index is 13.5. The Kier molecular flexibility index (Phi) is 4.92. The number of nitrogens with one attached hydrogen (secondary N) is 1. The highest BCUT2D eigenvalue weighted by Crippen LogP contribution is 2.50. The van der Waals surface area contributed by atoms with E-state index >= 15 is 0 Å². The third-order valence-electron chi connectivity index (χ3n) is 6.91. The Bertz CT molecular complexity index is 1040. The average Bonchev–Trinajstić information content (AvgIpc) is 3.36. The van der Waals surface area contributed by atoms with Crippen molar-refractivity contribution in [2.24, 2.45) is 5.92 Å². The molecule has 0 aliphatic carbocycles. The molecule has 5 rings (SSSR count). The monoisotopic (exact) mass is 396 g/mol. The van der Waals surface area contributed by atoms with Gasteiger partial charge in [0.05, 0.1) is 0 Å². The fourth-order valence-electron chi connectivity index (χ4n) is 5.34. The van der Waals surface area contributed by atoms with E-state index in [9.17, 15) is 4.79 Å². The maximum atomic E-state index is 13.5. The van der Waals surface area contributed by atoms with Crippen LogP contribution in [0.1, 0.15) is 28.7 Å². The van der Waals surface area contributed by atoms with Crippen molar-refractivity contribution in [1.82, 2.24) is 4.90 Å². The van der Waals surface area contributed by atoms with Gasteiger partial charge in [-0.05, 0) is 55.0 Å². The van der Waals surface area contributed by atoms with Gasteiger partial charge in [0.1, 0.15) is 5.41 Å². The van der Waals surface area contributed by atoms with Gasteiger partial charge in [-0.1, -0.05) is 78.4 Å². The summed E-state index contributed by atoms with van der Waals surface area (Å²) in [4.78, 5) is 16.1. The number of hydrogen-bond acceptors (Lipinski definition) is 2. The Morgan fingerprint density at radius 2 is 1.70 bits per heavy atom. The van der Waals surface area contributed by atoms with E-state index in [4.69, 9.17) is 0 Å². The van der Waals surface area contributed by atoms with Crippen LogP contribution in [-0.4, -0.2) is 30.4 Å². The first-order chi connectivity index (χ1) is 14.7. The lowest BCUT2D eigenvalue weighted by molar-refractivity contribution is -0.121. The standard InChI is InChI=1S/C27H28N2O/c1-20-11-13-21(14-12-20)15-17-29-18-16-23(19-29)27(22-7-3-2-4-8-22)24-9-5-6-10-25(24)28-26(27)30/h2-14,23H,15-19H2,1H3,(H,28,30)/t23-,27?/m1/s1. The summed E-state index contributed by atoms with van der Waals surface area (Å²) in [5.74, 6) is 0.391. The number of nitrogens with zero attached hydrogens (tertiary/aromatic N) is 1. The summed E-state index contributed by atoms with van der Waals surface area (Å²) in [6.45, 7) is 5.15. The van der Waals surface area contributed by atoms with Gasteiger partial charge in [0, 0.05) is 18.8 Å². The smallest absolute Gasteiger partial charge is 0.239 e. The number of fused-ring (bicyclic) bond motifs is 1. The molecule has 1 N–H and O–H groups in total. The normalized spacial score (nSPS) is 23.4. The van der Waals surface area contributed by atoms with E-state index in [-0.39, 0.29) is 11.8 Å². The first kappa shape index (κ1) is 19.1. The van der Waals surface area contributed by atoms with E-state index in [1.807, 2.05) is 18.2 Å². The first-order valence-corrected chi connectivity index (χ1v) is 10.9. The largest absolute Gasteiger partial charge is 0.325 e. The second-order valence-electron chi connectivity index (χ2n) is 8.70. The third kappa shape index (κ3) is 3.14. The summed E-state index contributed by atoms with van der Waals surface area (Å²) >= 11 is 0. The molecule has 0 spiro atoms. The zero-order valence-corrected chi connectivity index (χ0v) is 17.5. The summed E-state index contributed by atoms with van der Waals surface area (Å²) in [5.41, 5.74) is 5.28. The maximum Gasteiger partial charge on any atom is 0.239 e. The lowest BCUT2D eigenvalue weighted by atomic mass is 9.66. The second kappa shape index (κ2) is 7.73. The number of amides is 1. The van der Waals surface area contributed by atoms with Crippen molar-refractivity contribution in [3.63, 3.8) is 0 Å². The number of carbonyl (C=O) groups excluding carboxylic acids is 1. The Labute approximate surface area is 178 Å². The van der Waals surface area contributed by atoms with E-state index in [0.717, 1.165) is 49.3 Å². The molecule has 3 heteroatoms. The summed E-state index contributed by atoms with van der Waals surface area (Å²) in [5, 5.41) is 3.18. The number of para-hydroxylation sites is 1. The van der Waals surface area contributed by atoms with Crippen LogP contribution in [0.4, 0.5) is 5.69 Å². The van der Waals surface area contributed by atoms with E-state index < -0.39 is 5.41 Å². The van der Waals surface area contributed by atoms with Gasteiger partial charge in [-0.2, -0.15) is 0 Å². The highest BCUT2D eigenvalue weighted by atomic mass is 16.2. The molecule has 3 aromatic carbocycles. The van der Waals surface area contributed by atoms with Crippen molar-refractivity contribution < 1.29 is 4.79 Å². The van der Waals surface area contributed by atoms with Crippen molar-refractivity contribution in [3.8, 4) is 0 Å². The van der Waals surface area contributed by atoms with Crippen molar-refractivity contribution in [1.29, 1.82) is 0 Å². The van der Waals surface area contributed by atoms with Crippen LogP contribution in [-0.2, 0) is 16.6 Å².